The van der Waals surface area contributed by atoms with Crippen molar-refractivity contribution in [3.05, 3.63) is 154 Å². The van der Waals surface area contributed by atoms with Crippen LogP contribution in [0.3, 0.4) is 0 Å². The van der Waals surface area contributed by atoms with Crippen LogP contribution in [0, 0.1) is 27.7 Å². The molecule has 1 heteroatoms. The molecule has 0 saturated carbocycles. The van der Waals surface area contributed by atoms with E-state index in [2.05, 4.69) is 0 Å². The second-order valence-electron chi connectivity index (χ2n) is 13.4. The van der Waals surface area contributed by atoms with Gasteiger partial charge in [-0.05, 0) is 140 Å². The first-order valence-electron chi connectivity index (χ1n) is 26.2. The van der Waals surface area contributed by atoms with Crippen molar-refractivity contribution in [3.63, 3.8) is 0 Å². The van der Waals surface area contributed by atoms with E-state index in [0.29, 0.717) is 0 Å². The van der Waals surface area contributed by atoms with Gasteiger partial charge in [0.05, 0.1) is 27.4 Å². The lowest BCUT2D eigenvalue weighted by molar-refractivity contribution is 0.660. The van der Waals surface area contributed by atoms with Crippen LogP contribution < -0.4 is 0 Å². The van der Waals surface area contributed by atoms with E-state index in [9.17, 15) is 16.4 Å². The van der Waals surface area contributed by atoms with E-state index in [1.54, 1.807) is 13.8 Å². The van der Waals surface area contributed by atoms with Gasteiger partial charge in [0.15, 0.2) is 0 Å². The summed E-state index contributed by atoms with van der Waals surface area (Å²) in [5.41, 5.74) is -2.43. The molecule has 0 saturated heterocycles. The lowest BCUT2D eigenvalue weighted by atomic mass is 9.79. The summed E-state index contributed by atoms with van der Waals surface area (Å²) in [6, 6.07) is -10.2. The van der Waals surface area contributed by atoms with Crippen molar-refractivity contribution >= 4 is 54.3 Å². The number of fused-ring (bicyclic) bond motifs is 9. The van der Waals surface area contributed by atoms with Crippen LogP contribution in [0.1, 0.15) is 74.6 Å². The predicted molar refractivity (Wildman–Crippen MR) is 214 cm³/mol. The molecule has 10 rings (SSSR count). The molecule has 0 aliphatic heterocycles. The number of benzene rings is 8. The summed E-state index contributed by atoms with van der Waals surface area (Å²) in [5.74, 6) is 0. The van der Waals surface area contributed by atoms with Crippen LogP contribution in [0.2, 0.25) is 0 Å². The molecule has 0 atom stereocenters. The van der Waals surface area contributed by atoms with Crippen LogP contribution in [-0.4, -0.2) is 0 Å². The summed E-state index contributed by atoms with van der Waals surface area (Å²) in [6.45, 7) is 9.17. The van der Waals surface area contributed by atoms with E-state index in [-0.39, 0.29) is 145 Å². The molecule has 0 radical (unpaired) electrons. The summed E-state index contributed by atoms with van der Waals surface area (Å²) in [4.78, 5) is 0. The van der Waals surface area contributed by atoms with Gasteiger partial charge in [-0.3, -0.25) is 0 Å². The Morgan fingerprint density at radius 1 is 0.480 bits per heavy atom. The van der Waals surface area contributed by atoms with Crippen molar-refractivity contribution < 1.29 is 31.8 Å². The second-order valence-corrected chi connectivity index (χ2v) is 13.4. The maximum atomic E-state index is 10.1. The highest BCUT2D eigenvalue weighted by molar-refractivity contribution is 6.24. The Hall–Kier alpha value is -5.66. The molecular weight excluding hydrogens is 605 g/mol. The van der Waals surface area contributed by atoms with Crippen molar-refractivity contribution in [3.8, 4) is 33.4 Å². The molecule has 0 fully saturated rings. The largest absolute Gasteiger partial charge is 0.456 e. The third-order valence-electron chi connectivity index (χ3n) is 9.80. The Morgan fingerprint density at radius 3 is 2.08 bits per heavy atom. The third-order valence-corrected chi connectivity index (χ3v) is 9.80. The van der Waals surface area contributed by atoms with Crippen LogP contribution in [0.5, 0.6) is 0 Å². The van der Waals surface area contributed by atoms with Gasteiger partial charge in [-0.25, -0.2) is 0 Å². The van der Waals surface area contributed by atoms with Gasteiger partial charge < -0.3 is 4.42 Å². The van der Waals surface area contributed by atoms with Gasteiger partial charge in [-0.2, -0.15) is 0 Å². The zero-order valence-electron chi connectivity index (χ0n) is 47.9. The molecule has 50 heavy (non-hydrogen) atoms. The Balaban J connectivity index is 1.53. The summed E-state index contributed by atoms with van der Waals surface area (Å²) in [5, 5.41) is -1.71. The average molecular weight is 663 g/mol. The van der Waals surface area contributed by atoms with Gasteiger partial charge in [0.2, 0.25) is 0 Å². The number of aryl methyl sites for hydroxylation is 2. The molecule has 1 aliphatic carbocycles. The molecule has 0 amide bonds. The number of hydrogen-bond acceptors (Lipinski definition) is 1. The monoisotopic (exact) mass is 662 g/mol. The van der Waals surface area contributed by atoms with Crippen LogP contribution in [-0.2, 0) is 5.41 Å². The van der Waals surface area contributed by atoms with E-state index < -0.39 is 102 Å². The van der Waals surface area contributed by atoms with Gasteiger partial charge in [0.1, 0.15) is 11.2 Å². The third kappa shape index (κ3) is 3.95. The Labute approximate surface area is 320 Å². The topological polar surface area (TPSA) is 13.1 Å². The van der Waals surface area contributed by atoms with Crippen LogP contribution >= 0.6 is 0 Å². The maximum Gasteiger partial charge on any atom is 0.138 e. The molecular formula is C49H38O. The highest BCUT2D eigenvalue weighted by atomic mass is 16.3. The smallest absolute Gasteiger partial charge is 0.138 e. The van der Waals surface area contributed by atoms with E-state index in [4.69, 9.17) is 15.4 Å². The fraction of sp³-hybridized carbons (Fsp3) is 0.143. The van der Waals surface area contributed by atoms with Crippen molar-refractivity contribution in [1.29, 1.82) is 0 Å². The van der Waals surface area contributed by atoms with Crippen LogP contribution in [0.25, 0.3) is 87.6 Å². The summed E-state index contributed by atoms with van der Waals surface area (Å²) < 4.78 is 192. The van der Waals surface area contributed by atoms with Gasteiger partial charge in [-0.1, -0.05) is 122 Å². The number of furan rings is 1. The van der Waals surface area contributed by atoms with Gasteiger partial charge in [-0.15, -0.1) is 0 Å². The fourth-order valence-corrected chi connectivity index (χ4v) is 7.50. The zero-order chi connectivity index (χ0) is 51.5. The second kappa shape index (κ2) is 10.2. The molecule has 8 aromatic carbocycles. The Kier molecular flexibility index (Phi) is 3.15. The summed E-state index contributed by atoms with van der Waals surface area (Å²) in [7, 11) is 0. The van der Waals surface area contributed by atoms with E-state index in [1.807, 2.05) is 0 Å². The zero-order valence-corrected chi connectivity index (χ0v) is 27.9. The Morgan fingerprint density at radius 2 is 1.24 bits per heavy atom. The van der Waals surface area contributed by atoms with E-state index in [0.717, 1.165) is 0 Å². The lowest BCUT2D eigenvalue weighted by Crippen LogP contribution is -2.15. The molecule has 1 aliphatic rings. The molecule has 1 nitrogen and oxygen atoms in total. The highest BCUT2D eigenvalue weighted by Gasteiger charge is 2.37. The minimum atomic E-state index is -1.32. The molecule has 0 bridgehead atoms. The van der Waals surface area contributed by atoms with Crippen molar-refractivity contribution in [2.24, 2.45) is 0 Å². The molecule has 9 aromatic rings. The molecule has 0 N–H and O–H groups in total. The first-order valence-corrected chi connectivity index (χ1v) is 16.2. The van der Waals surface area contributed by atoms with E-state index in [1.165, 1.54) is 27.7 Å². The molecule has 0 spiro atoms. The summed E-state index contributed by atoms with van der Waals surface area (Å²) >= 11 is 0. The first kappa shape index (κ1) is 15.5. The molecule has 1 aromatic heterocycles. The Bertz CT molecular complexity index is 3990. The van der Waals surface area contributed by atoms with Gasteiger partial charge in [0, 0.05) is 16.2 Å². The predicted octanol–water partition coefficient (Wildman–Crippen LogP) is 13.9. The minimum Gasteiger partial charge on any atom is -0.456 e. The highest BCUT2D eigenvalue weighted by Crippen LogP contribution is 2.55. The first-order chi connectivity index (χ1) is 32.6. The number of rotatable bonds is 2. The normalized spacial score (nSPS) is 19.2. The minimum absolute atomic E-state index is 0.0145. The van der Waals surface area contributed by atoms with E-state index >= 15 is 0 Å². The SMILES string of the molecule is [2H]c1c([2H])c([2H])c2c(c1[2H])-c1c(-c3c4c([2H])c([2H])c([2H])c([2H])c4c(-c4c([2H])c(C)c5oc6c([2H])c7c([2H])c([2H])c([2H])c(C)c7c([2H])c6c5c4[2H])c4c([2H])c([2H])c(C)c([2H])c34)c([2H])c(C)c([2H])c1C2(C)C. The van der Waals surface area contributed by atoms with Gasteiger partial charge >= 0.3 is 0 Å². The lowest BCUT2D eigenvalue weighted by Gasteiger charge is -2.23. The quantitative estimate of drug-likeness (QED) is 0.168. The number of hydrogen-bond donors (Lipinski definition) is 0. The molecule has 240 valence electrons. The average Bonchev–Trinajstić information content (AvgIpc) is 3.84. The maximum absolute atomic E-state index is 10.1. The standard InChI is InChI=1S/C49H38O/c1-27-18-19-35-39(20-27)46(41-21-28(2)22-43-47(41)36-16-9-10-17-42(36)49(43,5)6)34-15-8-7-14-33(34)45(35)32-23-30(4)48-40(24-32)38-26-37-29(3)12-11-13-31(37)25-44(38)50-48/h7-26H,1-6H3/i7D,8D,9D,10D,11D,12D,13D,14D,15D,16D,17D,18D,19D,20D,21D,22D,23D,24D,25D,26D. The summed E-state index contributed by atoms with van der Waals surface area (Å²) in [6.07, 6.45) is 0. The van der Waals surface area contributed by atoms with Crippen molar-refractivity contribution in [2.45, 2.75) is 47.0 Å². The van der Waals surface area contributed by atoms with Crippen molar-refractivity contribution in [2.75, 3.05) is 0 Å². The molecule has 1 heterocycles. The fourth-order valence-electron chi connectivity index (χ4n) is 7.50. The van der Waals surface area contributed by atoms with Gasteiger partial charge in [0.25, 0.3) is 0 Å². The van der Waals surface area contributed by atoms with Crippen molar-refractivity contribution in [1.82, 2.24) is 0 Å². The van der Waals surface area contributed by atoms with Crippen LogP contribution in [0.15, 0.2) is 125 Å². The molecule has 0 unspecified atom stereocenters. The van der Waals surface area contributed by atoms with Crippen LogP contribution in [0.4, 0.5) is 0 Å².